The van der Waals surface area contributed by atoms with E-state index < -0.39 is 20.0 Å². The van der Waals surface area contributed by atoms with Crippen molar-refractivity contribution in [3.8, 4) is 0 Å². The van der Waals surface area contributed by atoms with Crippen LogP contribution in [0, 0.1) is 19.8 Å². The molecular weight excluding hydrogens is 510 g/mol. The highest BCUT2D eigenvalue weighted by Gasteiger charge is 2.31. The minimum Gasteiger partial charge on any atom is -0.326 e. The van der Waals surface area contributed by atoms with E-state index in [1.807, 2.05) is 38.1 Å². The number of aryl methyl sites for hydroxylation is 2. The summed E-state index contributed by atoms with van der Waals surface area (Å²) in [5.74, 6) is -0.583. The highest BCUT2D eigenvalue weighted by Crippen LogP contribution is 2.24. The van der Waals surface area contributed by atoms with Gasteiger partial charge in [0.1, 0.15) is 0 Å². The third kappa shape index (κ3) is 6.76. The fraction of sp³-hybridized carbons (Fsp3) is 0.296. The van der Waals surface area contributed by atoms with E-state index in [2.05, 4.69) is 10.0 Å². The van der Waals surface area contributed by atoms with Gasteiger partial charge in [-0.15, -0.1) is 0 Å². The molecule has 0 radical (unpaired) electrons. The molecule has 1 fully saturated rings. The van der Waals surface area contributed by atoms with Crippen molar-refractivity contribution in [2.75, 3.05) is 23.1 Å². The summed E-state index contributed by atoms with van der Waals surface area (Å²) in [6.45, 7) is 4.44. The molecular formula is C27H31N3O5S2. The first kappa shape index (κ1) is 26.8. The van der Waals surface area contributed by atoms with Crippen LogP contribution in [0.15, 0.2) is 77.7 Å². The quantitative estimate of drug-likeness (QED) is 0.442. The Labute approximate surface area is 218 Å². The molecule has 1 aliphatic heterocycles. The van der Waals surface area contributed by atoms with Crippen molar-refractivity contribution in [2.24, 2.45) is 5.92 Å². The van der Waals surface area contributed by atoms with Crippen molar-refractivity contribution in [3.05, 3.63) is 89.5 Å². The van der Waals surface area contributed by atoms with Gasteiger partial charge in [0, 0.05) is 30.4 Å². The van der Waals surface area contributed by atoms with Gasteiger partial charge in [-0.2, -0.15) is 0 Å². The van der Waals surface area contributed by atoms with Gasteiger partial charge in [-0.25, -0.2) is 21.1 Å². The Bertz CT molecular complexity index is 1460. The number of sulfonamides is 2. The second-order valence-corrected chi connectivity index (χ2v) is 13.0. The maximum Gasteiger partial charge on any atom is 0.261 e. The van der Waals surface area contributed by atoms with Crippen LogP contribution in [-0.2, 0) is 30.6 Å². The molecule has 1 amide bonds. The number of carbonyl (C=O) groups excluding carboxylic acids is 1. The van der Waals surface area contributed by atoms with Crippen LogP contribution in [0.1, 0.15) is 29.5 Å². The van der Waals surface area contributed by atoms with Crippen LogP contribution in [0.4, 0.5) is 11.4 Å². The zero-order valence-corrected chi connectivity index (χ0v) is 22.5. The predicted molar refractivity (Wildman–Crippen MR) is 145 cm³/mol. The number of nitrogens with one attached hydrogen (secondary N) is 2. The molecule has 0 aliphatic carbocycles. The van der Waals surface area contributed by atoms with Crippen LogP contribution in [0.2, 0.25) is 0 Å². The van der Waals surface area contributed by atoms with Crippen molar-refractivity contribution in [1.29, 1.82) is 0 Å². The molecule has 0 spiro atoms. The van der Waals surface area contributed by atoms with Gasteiger partial charge in [-0.05, 0) is 79.8 Å². The third-order valence-electron chi connectivity index (χ3n) is 6.60. The average molecular weight is 542 g/mol. The summed E-state index contributed by atoms with van der Waals surface area (Å²) < 4.78 is 55.0. The molecule has 196 valence electrons. The van der Waals surface area contributed by atoms with Crippen LogP contribution in [0.3, 0.4) is 0 Å². The van der Waals surface area contributed by atoms with E-state index in [1.54, 1.807) is 36.4 Å². The van der Waals surface area contributed by atoms with Crippen molar-refractivity contribution in [2.45, 2.75) is 37.3 Å². The molecule has 0 aromatic heterocycles. The molecule has 0 atom stereocenters. The van der Waals surface area contributed by atoms with Crippen molar-refractivity contribution >= 4 is 37.3 Å². The summed E-state index contributed by atoms with van der Waals surface area (Å²) in [7, 11) is -7.23. The topological polar surface area (TPSA) is 113 Å². The highest BCUT2D eigenvalue weighted by atomic mass is 32.2. The van der Waals surface area contributed by atoms with Crippen LogP contribution < -0.4 is 10.0 Å². The molecule has 1 saturated heterocycles. The first-order valence-electron chi connectivity index (χ1n) is 12.1. The van der Waals surface area contributed by atoms with E-state index in [0.717, 1.165) is 16.7 Å². The van der Waals surface area contributed by atoms with Crippen LogP contribution in [0.5, 0.6) is 0 Å². The number of amides is 1. The van der Waals surface area contributed by atoms with E-state index >= 15 is 0 Å². The lowest BCUT2D eigenvalue weighted by molar-refractivity contribution is -0.120. The van der Waals surface area contributed by atoms with E-state index in [9.17, 15) is 21.6 Å². The zero-order chi connectivity index (χ0) is 26.6. The summed E-state index contributed by atoms with van der Waals surface area (Å²) in [6, 6.07) is 20.4. The average Bonchev–Trinajstić information content (AvgIpc) is 2.87. The number of nitrogens with zero attached hydrogens (tertiary/aromatic N) is 1. The number of carbonyl (C=O) groups is 1. The van der Waals surface area contributed by atoms with Crippen molar-refractivity contribution in [1.82, 2.24) is 4.31 Å². The van der Waals surface area contributed by atoms with Crippen molar-refractivity contribution < 1.29 is 21.6 Å². The van der Waals surface area contributed by atoms with Gasteiger partial charge in [0.05, 0.1) is 10.6 Å². The molecule has 2 N–H and O–H groups in total. The second-order valence-electron chi connectivity index (χ2n) is 9.33. The van der Waals surface area contributed by atoms with Gasteiger partial charge in [0.2, 0.25) is 15.9 Å². The smallest absolute Gasteiger partial charge is 0.261 e. The Morgan fingerprint density at radius 1 is 0.838 bits per heavy atom. The van der Waals surface area contributed by atoms with E-state index in [4.69, 9.17) is 0 Å². The Balaban J connectivity index is 1.32. The van der Waals surface area contributed by atoms with Gasteiger partial charge in [-0.3, -0.25) is 9.52 Å². The number of rotatable bonds is 8. The lowest BCUT2D eigenvalue weighted by Gasteiger charge is -2.30. The molecule has 4 rings (SSSR count). The molecule has 1 aliphatic rings. The van der Waals surface area contributed by atoms with Crippen molar-refractivity contribution in [3.63, 3.8) is 0 Å². The SMILES string of the molecule is Cc1ccc(NS(=O)(=O)c2ccc(NC(=O)C3CCN(S(=O)(=O)Cc4ccccc4)CC3)cc2)cc1C. The number of hydrogen-bond donors (Lipinski definition) is 2. The Hall–Kier alpha value is -3.21. The van der Waals surface area contributed by atoms with Gasteiger partial charge in [0.15, 0.2) is 0 Å². The maximum atomic E-state index is 12.8. The predicted octanol–water partition coefficient (Wildman–Crippen LogP) is 4.28. The van der Waals surface area contributed by atoms with Gasteiger partial charge in [0.25, 0.3) is 10.0 Å². The standard InChI is InChI=1S/C27H31N3O5S2/c1-20-8-9-25(18-21(20)2)29-37(34,35)26-12-10-24(11-13-26)28-27(31)23-14-16-30(17-15-23)36(32,33)19-22-6-4-3-5-7-22/h3-13,18,23,29H,14-17,19H2,1-2H3,(H,28,31). The summed E-state index contributed by atoms with van der Waals surface area (Å²) in [6.07, 6.45) is 0.846. The minimum absolute atomic E-state index is 0.0572. The van der Waals surface area contributed by atoms with E-state index in [-0.39, 0.29) is 35.6 Å². The third-order valence-corrected chi connectivity index (χ3v) is 9.85. The van der Waals surface area contributed by atoms with Gasteiger partial charge >= 0.3 is 0 Å². The van der Waals surface area contributed by atoms with E-state index in [1.165, 1.54) is 16.4 Å². The summed E-state index contributed by atoms with van der Waals surface area (Å²) in [5, 5.41) is 2.82. The Morgan fingerprint density at radius 2 is 1.46 bits per heavy atom. The second kappa shape index (κ2) is 11.0. The summed E-state index contributed by atoms with van der Waals surface area (Å²) in [4.78, 5) is 12.9. The molecule has 1 heterocycles. The maximum absolute atomic E-state index is 12.8. The number of hydrogen-bond acceptors (Lipinski definition) is 5. The number of anilines is 2. The fourth-order valence-electron chi connectivity index (χ4n) is 4.25. The lowest BCUT2D eigenvalue weighted by Crippen LogP contribution is -2.41. The molecule has 0 unspecified atom stereocenters. The Morgan fingerprint density at radius 3 is 2.08 bits per heavy atom. The van der Waals surface area contributed by atoms with Crippen LogP contribution >= 0.6 is 0 Å². The fourth-order valence-corrected chi connectivity index (χ4v) is 6.87. The first-order chi connectivity index (χ1) is 17.5. The molecule has 10 heteroatoms. The van der Waals surface area contributed by atoms with Gasteiger partial charge < -0.3 is 5.32 Å². The molecule has 8 nitrogen and oxygen atoms in total. The highest BCUT2D eigenvalue weighted by molar-refractivity contribution is 7.92. The summed E-state index contributed by atoms with van der Waals surface area (Å²) >= 11 is 0. The molecule has 3 aromatic carbocycles. The molecule has 0 bridgehead atoms. The summed E-state index contributed by atoms with van der Waals surface area (Å²) in [5.41, 5.74) is 3.75. The normalized spacial score (nSPS) is 15.3. The lowest BCUT2D eigenvalue weighted by atomic mass is 9.97. The monoisotopic (exact) mass is 541 g/mol. The Kier molecular flexibility index (Phi) is 8.01. The number of piperidine rings is 1. The zero-order valence-electron chi connectivity index (χ0n) is 20.8. The largest absolute Gasteiger partial charge is 0.326 e. The molecule has 3 aromatic rings. The number of benzene rings is 3. The minimum atomic E-state index is -3.78. The van der Waals surface area contributed by atoms with Crippen LogP contribution in [-0.4, -0.2) is 40.1 Å². The first-order valence-corrected chi connectivity index (χ1v) is 15.2. The van der Waals surface area contributed by atoms with E-state index in [0.29, 0.717) is 24.2 Å². The van der Waals surface area contributed by atoms with Crippen LogP contribution in [0.25, 0.3) is 0 Å². The van der Waals surface area contributed by atoms with Gasteiger partial charge in [-0.1, -0.05) is 36.4 Å². The molecule has 37 heavy (non-hydrogen) atoms. The molecule has 0 saturated carbocycles.